The van der Waals surface area contributed by atoms with E-state index in [1.54, 1.807) is 0 Å². The summed E-state index contributed by atoms with van der Waals surface area (Å²) >= 11 is 5.84. The molecule has 14 heavy (non-hydrogen) atoms. The number of hydrogen-bond acceptors (Lipinski definition) is 1. The Morgan fingerprint density at radius 3 is 2.79 bits per heavy atom. The van der Waals surface area contributed by atoms with Gasteiger partial charge in [-0.15, -0.1) is 0 Å². The standard InChI is InChI=1S/C12H14ClN/c1-9-7-14(8-10(9)2)12-5-3-11(13)4-6-12/h3-6,10H,1,7-8H2,2H3/i2D. The van der Waals surface area contributed by atoms with Crippen LogP contribution in [0, 0.1) is 5.92 Å². The van der Waals surface area contributed by atoms with Gasteiger partial charge in [-0.05, 0) is 30.2 Å². The van der Waals surface area contributed by atoms with Crippen LogP contribution in [-0.4, -0.2) is 13.1 Å². The molecular weight excluding hydrogens is 194 g/mol. The second-order valence-electron chi connectivity index (χ2n) is 3.71. The molecule has 0 amide bonds. The minimum absolute atomic E-state index is 0.320. The van der Waals surface area contributed by atoms with E-state index in [9.17, 15) is 0 Å². The van der Waals surface area contributed by atoms with Gasteiger partial charge in [-0.25, -0.2) is 0 Å². The molecule has 2 rings (SSSR count). The van der Waals surface area contributed by atoms with Gasteiger partial charge in [-0.2, -0.15) is 0 Å². The van der Waals surface area contributed by atoms with Gasteiger partial charge in [0.05, 0.1) is 0 Å². The van der Waals surface area contributed by atoms with Crippen LogP contribution in [0.5, 0.6) is 0 Å². The molecule has 1 aromatic rings. The molecule has 0 aliphatic carbocycles. The predicted octanol–water partition coefficient (Wildman–Crippen LogP) is 3.35. The van der Waals surface area contributed by atoms with Crippen molar-refractivity contribution in [1.29, 1.82) is 0 Å². The third-order valence-electron chi connectivity index (χ3n) is 2.60. The molecular formula is C12H14ClN. The van der Waals surface area contributed by atoms with Gasteiger partial charge in [-0.1, -0.05) is 30.7 Å². The molecule has 0 N–H and O–H groups in total. The first-order valence-corrected chi connectivity index (χ1v) is 5.06. The molecule has 2 heteroatoms. The van der Waals surface area contributed by atoms with E-state index >= 15 is 0 Å². The summed E-state index contributed by atoms with van der Waals surface area (Å²) in [6, 6.07) is 7.82. The van der Waals surface area contributed by atoms with E-state index in [1.807, 2.05) is 24.3 Å². The van der Waals surface area contributed by atoms with Crippen LogP contribution >= 0.6 is 11.6 Å². The van der Waals surface area contributed by atoms with E-state index in [2.05, 4.69) is 11.5 Å². The Hall–Kier alpha value is -0.950. The maximum atomic E-state index is 7.41. The highest BCUT2D eigenvalue weighted by molar-refractivity contribution is 6.30. The van der Waals surface area contributed by atoms with Crippen LogP contribution in [0.2, 0.25) is 5.02 Å². The number of halogens is 1. The van der Waals surface area contributed by atoms with Crippen molar-refractivity contribution >= 4 is 17.3 Å². The van der Waals surface area contributed by atoms with Gasteiger partial charge in [-0.3, -0.25) is 0 Å². The Bertz CT molecular complexity index is 360. The Labute approximate surface area is 91.4 Å². The van der Waals surface area contributed by atoms with E-state index < -0.39 is 0 Å². The smallest absolute Gasteiger partial charge is 0.0407 e. The lowest BCUT2D eigenvalue weighted by atomic mass is 10.1. The minimum atomic E-state index is 0.320. The second kappa shape index (κ2) is 3.66. The fourth-order valence-electron chi connectivity index (χ4n) is 1.68. The maximum absolute atomic E-state index is 7.41. The van der Waals surface area contributed by atoms with Gasteiger partial charge >= 0.3 is 0 Å². The zero-order chi connectivity index (χ0) is 10.8. The highest BCUT2D eigenvalue weighted by atomic mass is 35.5. The lowest BCUT2D eigenvalue weighted by Gasteiger charge is -2.17. The minimum Gasteiger partial charge on any atom is -0.367 e. The summed E-state index contributed by atoms with van der Waals surface area (Å²) in [7, 11) is 0. The maximum Gasteiger partial charge on any atom is 0.0407 e. The summed E-state index contributed by atoms with van der Waals surface area (Å²) in [6.45, 7) is 6.22. The number of anilines is 1. The molecule has 0 bridgehead atoms. The van der Waals surface area contributed by atoms with Crippen molar-refractivity contribution in [2.45, 2.75) is 6.90 Å². The largest absolute Gasteiger partial charge is 0.367 e. The van der Waals surface area contributed by atoms with E-state index in [0.717, 1.165) is 23.8 Å². The molecule has 0 saturated carbocycles. The summed E-state index contributed by atoms with van der Waals surface area (Å²) in [5.41, 5.74) is 2.33. The fraction of sp³-hybridized carbons (Fsp3) is 0.333. The quantitative estimate of drug-likeness (QED) is 0.640. The third kappa shape index (κ3) is 1.78. The highest BCUT2D eigenvalue weighted by Crippen LogP contribution is 2.27. The van der Waals surface area contributed by atoms with Gasteiger partial charge in [0, 0.05) is 25.2 Å². The second-order valence-corrected chi connectivity index (χ2v) is 4.15. The van der Waals surface area contributed by atoms with Crippen LogP contribution in [0.15, 0.2) is 36.4 Å². The van der Waals surface area contributed by atoms with Crippen molar-refractivity contribution in [3.8, 4) is 0 Å². The normalized spacial score (nSPS) is 22.6. The molecule has 0 radical (unpaired) electrons. The lowest BCUT2D eigenvalue weighted by Crippen LogP contribution is -2.18. The molecule has 1 aromatic carbocycles. The summed E-state index contributed by atoms with van der Waals surface area (Å²) in [5.74, 6) is 0.320. The van der Waals surface area contributed by atoms with Gasteiger partial charge in [0.25, 0.3) is 0 Å². The molecule has 1 aliphatic rings. The molecule has 1 fully saturated rings. The van der Waals surface area contributed by atoms with Crippen LogP contribution in [0.4, 0.5) is 5.69 Å². The first-order chi connectivity index (χ1) is 7.20. The Kier molecular flexibility index (Phi) is 2.19. The zero-order valence-electron chi connectivity index (χ0n) is 9.04. The molecule has 1 heterocycles. The molecule has 0 spiro atoms. The first kappa shape index (κ1) is 8.37. The average Bonchev–Trinajstić information content (AvgIpc) is 2.61. The van der Waals surface area contributed by atoms with Gasteiger partial charge < -0.3 is 4.90 Å². The topological polar surface area (TPSA) is 3.24 Å². The van der Waals surface area contributed by atoms with E-state index in [-0.39, 0.29) is 0 Å². The third-order valence-corrected chi connectivity index (χ3v) is 2.86. The van der Waals surface area contributed by atoms with Gasteiger partial charge in [0.1, 0.15) is 0 Å². The Morgan fingerprint density at radius 1 is 1.50 bits per heavy atom. The Balaban J connectivity index is 2.13. The lowest BCUT2D eigenvalue weighted by molar-refractivity contribution is 0.759. The van der Waals surface area contributed by atoms with Crippen LogP contribution in [0.3, 0.4) is 0 Å². The fourth-order valence-corrected chi connectivity index (χ4v) is 1.81. The van der Waals surface area contributed by atoms with E-state index in [0.29, 0.717) is 12.8 Å². The number of nitrogens with zero attached hydrogens (tertiary/aromatic N) is 1. The van der Waals surface area contributed by atoms with Crippen LogP contribution < -0.4 is 4.90 Å². The van der Waals surface area contributed by atoms with Crippen LogP contribution in [0.25, 0.3) is 0 Å². The molecule has 0 aromatic heterocycles. The highest BCUT2D eigenvalue weighted by Gasteiger charge is 2.21. The van der Waals surface area contributed by atoms with Crippen LogP contribution in [-0.2, 0) is 0 Å². The van der Waals surface area contributed by atoms with E-state index in [4.69, 9.17) is 13.0 Å². The summed E-state index contributed by atoms with van der Waals surface area (Å²) in [6.07, 6.45) is 0. The average molecular weight is 209 g/mol. The Morgan fingerprint density at radius 2 is 2.21 bits per heavy atom. The van der Waals surface area contributed by atoms with E-state index in [1.165, 1.54) is 5.57 Å². The van der Waals surface area contributed by atoms with Gasteiger partial charge in [0.15, 0.2) is 0 Å². The number of hydrogen-bond donors (Lipinski definition) is 0. The summed E-state index contributed by atoms with van der Waals surface area (Å²) < 4.78 is 7.41. The molecule has 1 saturated heterocycles. The van der Waals surface area contributed by atoms with Gasteiger partial charge in [0.2, 0.25) is 0 Å². The molecule has 1 unspecified atom stereocenters. The summed E-state index contributed by atoms with van der Waals surface area (Å²) in [5, 5.41) is 0.758. The molecule has 74 valence electrons. The van der Waals surface area contributed by atoms with Crippen molar-refractivity contribution in [3.63, 3.8) is 0 Å². The predicted molar refractivity (Wildman–Crippen MR) is 62.0 cm³/mol. The molecule has 1 aliphatic heterocycles. The van der Waals surface area contributed by atoms with Crippen molar-refractivity contribution in [2.24, 2.45) is 5.92 Å². The monoisotopic (exact) mass is 208 g/mol. The number of rotatable bonds is 1. The zero-order valence-corrected chi connectivity index (χ0v) is 8.80. The van der Waals surface area contributed by atoms with Crippen molar-refractivity contribution in [2.75, 3.05) is 18.0 Å². The van der Waals surface area contributed by atoms with Crippen molar-refractivity contribution < 1.29 is 1.37 Å². The van der Waals surface area contributed by atoms with Crippen LogP contribution in [0.1, 0.15) is 8.27 Å². The molecule has 1 atom stereocenters. The first-order valence-electron chi connectivity index (χ1n) is 5.39. The SMILES string of the molecule is [2H]CC1CN(c2ccc(Cl)cc2)CC1=C. The molecule has 1 nitrogen and oxygen atoms in total. The van der Waals surface area contributed by atoms with Crippen molar-refractivity contribution in [1.82, 2.24) is 0 Å². The summed E-state index contributed by atoms with van der Waals surface area (Å²) in [4.78, 5) is 2.25. The number of benzene rings is 1. The van der Waals surface area contributed by atoms with Crippen molar-refractivity contribution in [3.05, 3.63) is 41.4 Å².